The first kappa shape index (κ1) is 20.9. The fourth-order valence-corrected chi connectivity index (χ4v) is 4.12. The second-order valence-electron chi connectivity index (χ2n) is 8.09. The predicted octanol–water partition coefficient (Wildman–Crippen LogP) is 1.56. The van der Waals surface area contributed by atoms with Crippen LogP contribution in [0, 0.1) is 5.92 Å². The van der Waals surface area contributed by atoms with Crippen LogP contribution >= 0.6 is 0 Å². The Kier molecular flexibility index (Phi) is 6.04. The maximum Gasteiger partial charge on any atom is 0.184 e. The molecule has 0 radical (unpaired) electrons. The number of carbonyl (C=O) groups is 1. The van der Waals surface area contributed by atoms with E-state index in [1.807, 2.05) is 44.2 Å². The van der Waals surface area contributed by atoms with Crippen molar-refractivity contribution in [1.29, 1.82) is 0 Å². The zero-order valence-electron chi connectivity index (χ0n) is 16.9. The summed E-state index contributed by atoms with van der Waals surface area (Å²) in [4.78, 5) is 13.3. The van der Waals surface area contributed by atoms with Crippen LogP contribution in [0.5, 0.6) is 0 Å². The summed E-state index contributed by atoms with van der Waals surface area (Å²) < 4.78 is 34.3. The zero-order valence-corrected chi connectivity index (χ0v) is 16.9. The molecule has 0 amide bonds. The Bertz CT molecular complexity index is 708. The third kappa shape index (κ3) is 4.39. The van der Waals surface area contributed by atoms with Crippen LogP contribution < -0.4 is 0 Å². The van der Waals surface area contributed by atoms with Crippen molar-refractivity contribution in [3.05, 3.63) is 35.9 Å². The first-order valence-electron chi connectivity index (χ1n) is 9.92. The van der Waals surface area contributed by atoms with Crippen molar-refractivity contribution >= 4 is 5.78 Å². The maximum absolute atomic E-state index is 13.3. The lowest BCUT2D eigenvalue weighted by molar-refractivity contribution is -0.313. The average Bonchev–Trinajstić information content (AvgIpc) is 3.06. The summed E-state index contributed by atoms with van der Waals surface area (Å²) in [6, 6.07) is 9.42. The molecule has 0 unspecified atom stereocenters. The minimum absolute atomic E-state index is 0.201. The number of aliphatic hydroxyl groups excluding tert-OH is 1. The van der Waals surface area contributed by atoms with Crippen LogP contribution in [-0.4, -0.2) is 67.7 Å². The highest BCUT2D eigenvalue weighted by atomic mass is 16.7. The van der Waals surface area contributed by atoms with Crippen LogP contribution in [0.4, 0.5) is 0 Å². The molecule has 160 valence electrons. The Morgan fingerprint density at radius 1 is 1.21 bits per heavy atom. The van der Waals surface area contributed by atoms with Crippen LogP contribution in [0.1, 0.15) is 32.1 Å². The molecular weight excluding hydrogens is 380 g/mol. The van der Waals surface area contributed by atoms with E-state index in [1.54, 1.807) is 0 Å². The third-order valence-electron chi connectivity index (χ3n) is 5.52. The summed E-state index contributed by atoms with van der Waals surface area (Å²) in [6.07, 6.45) is -4.05. The molecule has 0 aliphatic carbocycles. The molecule has 1 aromatic rings. The standard InChI is InChI=1S/C21H28O8/c1-21(2)26-10-13(29-21)9-14(22)16-17(23)18-15(27-20(16)24-3)11-25-19(28-18)12-7-5-4-6-8-12/h4-8,13-16,18-20,22H,9-11H2,1-3H3/t13-,14+,15+,16-,18+,19+,20-/m0/s1. The van der Waals surface area contributed by atoms with Gasteiger partial charge in [0, 0.05) is 19.1 Å². The number of ketones is 1. The minimum atomic E-state index is -1.02. The highest BCUT2D eigenvalue weighted by Crippen LogP contribution is 2.37. The molecule has 0 bridgehead atoms. The highest BCUT2D eigenvalue weighted by Gasteiger charge is 2.52. The fourth-order valence-electron chi connectivity index (χ4n) is 4.12. The van der Waals surface area contributed by atoms with Gasteiger partial charge < -0.3 is 33.5 Å². The van der Waals surface area contributed by atoms with Crippen molar-refractivity contribution in [2.24, 2.45) is 5.92 Å². The summed E-state index contributed by atoms with van der Waals surface area (Å²) in [7, 11) is 1.45. The summed E-state index contributed by atoms with van der Waals surface area (Å²) in [5.41, 5.74) is 0.823. The van der Waals surface area contributed by atoms with Gasteiger partial charge in [-0.1, -0.05) is 30.3 Å². The van der Waals surface area contributed by atoms with Gasteiger partial charge in [0.1, 0.15) is 12.2 Å². The monoisotopic (exact) mass is 408 g/mol. The highest BCUT2D eigenvalue weighted by molar-refractivity contribution is 5.87. The van der Waals surface area contributed by atoms with E-state index in [4.69, 9.17) is 28.4 Å². The summed E-state index contributed by atoms with van der Waals surface area (Å²) in [6.45, 7) is 4.19. The smallest absolute Gasteiger partial charge is 0.184 e. The first-order valence-corrected chi connectivity index (χ1v) is 9.92. The van der Waals surface area contributed by atoms with E-state index >= 15 is 0 Å². The van der Waals surface area contributed by atoms with Gasteiger partial charge in [0.05, 0.1) is 31.3 Å². The maximum atomic E-state index is 13.3. The van der Waals surface area contributed by atoms with Crippen molar-refractivity contribution < 1.29 is 38.3 Å². The van der Waals surface area contributed by atoms with Crippen molar-refractivity contribution in [2.75, 3.05) is 20.3 Å². The van der Waals surface area contributed by atoms with Crippen molar-refractivity contribution in [3.63, 3.8) is 0 Å². The van der Waals surface area contributed by atoms with E-state index in [1.165, 1.54) is 7.11 Å². The normalized spacial score (nSPS) is 37.9. The number of aliphatic hydroxyl groups is 1. The van der Waals surface area contributed by atoms with Crippen molar-refractivity contribution in [2.45, 2.75) is 63.1 Å². The van der Waals surface area contributed by atoms with Gasteiger partial charge in [0.15, 0.2) is 24.2 Å². The second-order valence-corrected chi connectivity index (χ2v) is 8.09. The number of ether oxygens (including phenoxy) is 6. The topological polar surface area (TPSA) is 92.7 Å². The Balaban J connectivity index is 1.47. The van der Waals surface area contributed by atoms with Crippen LogP contribution in [0.25, 0.3) is 0 Å². The number of carbonyl (C=O) groups excluding carboxylic acids is 1. The molecular formula is C21H28O8. The molecule has 3 aliphatic rings. The Morgan fingerprint density at radius 2 is 1.97 bits per heavy atom. The van der Waals surface area contributed by atoms with Gasteiger partial charge in [0.2, 0.25) is 0 Å². The Hall–Kier alpha value is -1.39. The average molecular weight is 408 g/mol. The van der Waals surface area contributed by atoms with Gasteiger partial charge in [-0.2, -0.15) is 0 Å². The number of hydrogen-bond acceptors (Lipinski definition) is 8. The number of fused-ring (bicyclic) bond motifs is 1. The number of rotatable bonds is 5. The molecule has 8 nitrogen and oxygen atoms in total. The predicted molar refractivity (Wildman–Crippen MR) is 99.7 cm³/mol. The molecule has 3 saturated heterocycles. The molecule has 0 spiro atoms. The van der Waals surface area contributed by atoms with Crippen LogP contribution in [-0.2, 0) is 33.2 Å². The van der Waals surface area contributed by atoms with Crippen molar-refractivity contribution in [3.8, 4) is 0 Å². The first-order chi connectivity index (χ1) is 13.9. The molecule has 1 aromatic carbocycles. The van der Waals surface area contributed by atoms with Crippen LogP contribution in [0.2, 0.25) is 0 Å². The third-order valence-corrected chi connectivity index (χ3v) is 5.52. The number of hydrogen-bond donors (Lipinski definition) is 1. The lowest BCUT2D eigenvalue weighted by Crippen LogP contribution is -2.60. The lowest BCUT2D eigenvalue weighted by Gasteiger charge is -2.44. The van der Waals surface area contributed by atoms with E-state index in [0.29, 0.717) is 6.61 Å². The van der Waals surface area contributed by atoms with Crippen LogP contribution in [0.15, 0.2) is 30.3 Å². The van der Waals surface area contributed by atoms with Gasteiger partial charge in [-0.15, -0.1) is 0 Å². The molecule has 3 heterocycles. The van der Waals surface area contributed by atoms with Crippen molar-refractivity contribution in [1.82, 2.24) is 0 Å². The van der Waals surface area contributed by atoms with Gasteiger partial charge in [-0.3, -0.25) is 4.79 Å². The molecule has 7 atom stereocenters. The summed E-state index contributed by atoms with van der Waals surface area (Å²) >= 11 is 0. The SMILES string of the molecule is CO[C@H]1O[C@@H]2CO[C@@H](c3ccccc3)O[C@H]2C(=O)[C@@H]1[C@H](O)C[C@H]1COC(C)(C)O1. The lowest BCUT2D eigenvalue weighted by atomic mass is 9.85. The molecule has 0 aromatic heterocycles. The van der Waals surface area contributed by atoms with E-state index in [0.717, 1.165) is 5.56 Å². The largest absolute Gasteiger partial charge is 0.392 e. The molecule has 3 fully saturated rings. The minimum Gasteiger partial charge on any atom is -0.392 e. The second kappa shape index (κ2) is 8.39. The van der Waals surface area contributed by atoms with Gasteiger partial charge in [-0.25, -0.2) is 0 Å². The molecule has 8 heteroatoms. The molecule has 4 rings (SSSR count). The van der Waals surface area contributed by atoms with Gasteiger partial charge >= 0.3 is 0 Å². The van der Waals surface area contributed by atoms with Gasteiger partial charge in [0.25, 0.3) is 0 Å². The Morgan fingerprint density at radius 3 is 2.62 bits per heavy atom. The number of benzene rings is 1. The number of methoxy groups -OCH3 is 1. The van der Waals surface area contributed by atoms with E-state index in [9.17, 15) is 9.90 Å². The van der Waals surface area contributed by atoms with Gasteiger partial charge in [-0.05, 0) is 13.8 Å². The molecule has 29 heavy (non-hydrogen) atoms. The van der Waals surface area contributed by atoms with E-state index in [2.05, 4.69) is 0 Å². The zero-order chi connectivity index (χ0) is 20.6. The van der Waals surface area contributed by atoms with E-state index < -0.39 is 42.6 Å². The van der Waals surface area contributed by atoms with Crippen LogP contribution in [0.3, 0.4) is 0 Å². The quantitative estimate of drug-likeness (QED) is 0.785. The molecule has 3 aliphatic heterocycles. The van der Waals surface area contributed by atoms with E-state index in [-0.39, 0.29) is 24.9 Å². The summed E-state index contributed by atoms with van der Waals surface area (Å²) in [5, 5.41) is 10.8. The Labute approximate surface area is 170 Å². The molecule has 0 saturated carbocycles. The summed E-state index contributed by atoms with van der Waals surface area (Å²) in [5.74, 6) is -1.83. The fraction of sp³-hybridized carbons (Fsp3) is 0.667. The number of Topliss-reactive ketones (excluding diaryl/α,β-unsaturated/α-hetero) is 1. The molecule has 1 N–H and O–H groups in total.